The Hall–Kier alpha value is -3.80. The highest BCUT2D eigenvalue weighted by Crippen LogP contribution is 2.21. The van der Waals surface area contributed by atoms with Crippen molar-refractivity contribution in [1.29, 1.82) is 0 Å². The molecular weight excluding hydrogens is 452 g/mol. The topological polar surface area (TPSA) is 67.9 Å². The molecule has 0 aliphatic heterocycles. The summed E-state index contributed by atoms with van der Waals surface area (Å²) in [5, 5.41) is 3.00. The molecule has 0 aliphatic carbocycles. The summed E-state index contributed by atoms with van der Waals surface area (Å²) in [7, 11) is 1.61. The molecule has 3 aromatic carbocycles. The van der Waals surface area contributed by atoms with Crippen LogP contribution < -0.4 is 14.8 Å². The van der Waals surface area contributed by atoms with E-state index in [1.165, 1.54) is 0 Å². The van der Waals surface area contributed by atoms with Crippen LogP contribution >= 0.6 is 0 Å². The first-order valence-corrected chi connectivity index (χ1v) is 12.2. The number of nitrogens with one attached hydrogen (secondary N) is 1. The summed E-state index contributed by atoms with van der Waals surface area (Å²) in [6.45, 7) is 7.86. The van der Waals surface area contributed by atoms with E-state index >= 15 is 0 Å². The molecule has 1 unspecified atom stereocenters. The van der Waals surface area contributed by atoms with E-state index in [0.29, 0.717) is 17.9 Å². The van der Waals surface area contributed by atoms with Crippen molar-refractivity contribution in [2.75, 3.05) is 13.7 Å². The Bertz CT molecular complexity index is 1160. The van der Waals surface area contributed by atoms with Crippen molar-refractivity contribution in [3.05, 3.63) is 95.1 Å². The van der Waals surface area contributed by atoms with Gasteiger partial charge < -0.3 is 19.7 Å². The molecule has 36 heavy (non-hydrogen) atoms. The third kappa shape index (κ3) is 7.60. The monoisotopic (exact) mass is 488 g/mol. The quantitative estimate of drug-likeness (QED) is 0.419. The molecule has 6 nitrogen and oxygen atoms in total. The van der Waals surface area contributed by atoms with Crippen LogP contribution in [0.4, 0.5) is 0 Å². The van der Waals surface area contributed by atoms with Gasteiger partial charge in [0.05, 0.1) is 7.11 Å². The first-order chi connectivity index (χ1) is 17.3. The van der Waals surface area contributed by atoms with E-state index in [9.17, 15) is 9.59 Å². The molecule has 0 bridgehead atoms. The van der Waals surface area contributed by atoms with E-state index in [2.05, 4.69) is 5.32 Å². The van der Waals surface area contributed by atoms with Crippen LogP contribution in [0.5, 0.6) is 11.5 Å². The van der Waals surface area contributed by atoms with Gasteiger partial charge in [-0.25, -0.2) is 0 Å². The Morgan fingerprint density at radius 3 is 2.31 bits per heavy atom. The second-order valence-corrected chi connectivity index (χ2v) is 9.30. The fraction of sp³-hybridized carbons (Fsp3) is 0.333. The van der Waals surface area contributed by atoms with Crippen molar-refractivity contribution in [3.63, 3.8) is 0 Å². The van der Waals surface area contributed by atoms with E-state index in [1.807, 2.05) is 100 Å². The fourth-order valence-corrected chi connectivity index (χ4v) is 4.09. The maximum atomic E-state index is 13.7. The maximum absolute atomic E-state index is 13.7. The van der Waals surface area contributed by atoms with E-state index in [-0.39, 0.29) is 31.0 Å². The van der Waals surface area contributed by atoms with Gasteiger partial charge in [0.15, 0.2) is 6.61 Å². The number of carbonyl (C=O) groups is 2. The minimum Gasteiger partial charge on any atom is -0.497 e. The molecule has 190 valence electrons. The molecule has 3 rings (SSSR count). The zero-order chi connectivity index (χ0) is 26.1. The van der Waals surface area contributed by atoms with Crippen molar-refractivity contribution in [2.45, 2.75) is 52.7 Å². The largest absolute Gasteiger partial charge is 0.497 e. The Balaban J connectivity index is 1.93. The van der Waals surface area contributed by atoms with Gasteiger partial charge in [-0.15, -0.1) is 0 Å². The summed E-state index contributed by atoms with van der Waals surface area (Å²) in [4.78, 5) is 28.7. The number of benzene rings is 3. The van der Waals surface area contributed by atoms with Gasteiger partial charge in [0.25, 0.3) is 5.91 Å². The molecular formula is C30H36N2O4. The third-order valence-electron chi connectivity index (χ3n) is 5.87. The second kappa shape index (κ2) is 12.8. The Morgan fingerprint density at radius 1 is 0.917 bits per heavy atom. The zero-order valence-corrected chi connectivity index (χ0v) is 21.8. The second-order valence-electron chi connectivity index (χ2n) is 9.30. The molecule has 0 saturated carbocycles. The van der Waals surface area contributed by atoms with Crippen molar-refractivity contribution in [3.8, 4) is 11.5 Å². The summed E-state index contributed by atoms with van der Waals surface area (Å²) in [5.74, 6) is 0.883. The van der Waals surface area contributed by atoms with Crippen LogP contribution in [0.25, 0.3) is 0 Å². The highest BCUT2D eigenvalue weighted by atomic mass is 16.5. The predicted octanol–water partition coefficient (Wildman–Crippen LogP) is 4.86. The van der Waals surface area contributed by atoms with E-state index < -0.39 is 6.04 Å². The van der Waals surface area contributed by atoms with Gasteiger partial charge >= 0.3 is 0 Å². The van der Waals surface area contributed by atoms with Gasteiger partial charge in [0, 0.05) is 19.0 Å². The van der Waals surface area contributed by atoms with Gasteiger partial charge in [-0.05, 0) is 62.6 Å². The lowest BCUT2D eigenvalue weighted by Gasteiger charge is -2.32. The lowest BCUT2D eigenvalue weighted by molar-refractivity contribution is -0.143. The molecule has 0 saturated heterocycles. The van der Waals surface area contributed by atoms with Gasteiger partial charge in [0.1, 0.15) is 17.5 Å². The smallest absolute Gasteiger partial charge is 0.261 e. The standard InChI is InChI=1S/C30H36N2O4/c1-21(2)31-30(34)27(18-24-10-7-6-8-11-24)32(19-25-12-9-13-26(17-25)35-5)29(33)20-36-28-15-14-22(3)16-23(28)4/h6-17,21,27H,18-20H2,1-5H3,(H,31,34). The highest BCUT2D eigenvalue weighted by molar-refractivity contribution is 5.88. The maximum Gasteiger partial charge on any atom is 0.261 e. The molecule has 2 amide bonds. The minimum absolute atomic E-state index is 0.0593. The number of nitrogens with zero attached hydrogens (tertiary/aromatic N) is 1. The Kier molecular flexibility index (Phi) is 9.51. The van der Waals surface area contributed by atoms with E-state index in [4.69, 9.17) is 9.47 Å². The Labute approximate surface area is 214 Å². The average Bonchev–Trinajstić information content (AvgIpc) is 2.85. The normalized spacial score (nSPS) is 11.6. The molecule has 0 aliphatic rings. The summed E-state index contributed by atoms with van der Waals surface area (Å²) in [6.07, 6.45) is 0.388. The van der Waals surface area contributed by atoms with Crippen molar-refractivity contribution in [2.24, 2.45) is 0 Å². The number of carbonyl (C=O) groups excluding carboxylic acids is 2. The van der Waals surface area contributed by atoms with Crippen LogP contribution in [-0.4, -0.2) is 42.5 Å². The highest BCUT2D eigenvalue weighted by Gasteiger charge is 2.31. The van der Waals surface area contributed by atoms with Crippen LogP contribution in [0.3, 0.4) is 0 Å². The number of aryl methyl sites for hydroxylation is 2. The fourth-order valence-electron chi connectivity index (χ4n) is 4.09. The van der Waals surface area contributed by atoms with Crippen LogP contribution in [0.15, 0.2) is 72.8 Å². The zero-order valence-electron chi connectivity index (χ0n) is 21.8. The molecule has 0 heterocycles. The Morgan fingerprint density at radius 2 is 1.64 bits per heavy atom. The minimum atomic E-state index is -0.712. The summed E-state index contributed by atoms with van der Waals surface area (Å²) < 4.78 is 11.3. The molecule has 0 aromatic heterocycles. The lowest BCUT2D eigenvalue weighted by Crippen LogP contribution is -2.52. The van der Waals surface area contributed by atoms with Gasteiger partial charge in [-0.2, -0.15) is 0 Å². The van der Waals surface area contributed by atoms with Crippen molar-refractivity contribution >= 4 is 11.8 Å². The summed E-state index contributed by atoms with van der Waals surface area (Å²) >= 11 is 0. The van der Waals surface area contributed by atoms with Crippen LogP contribution in [0, 0.1) is 13.8 Å². The van der Waals surface area contributed by atoms with Gasteiger partial charge in [0.2, 0.25) is 5.91 Å². The van der Waals surface area contributed by atoms with Gasteiger partial charge in [-0.1, -0.05) is 60.2 Å². The SMILES string of the molecule is COc1cccc(CN(C(=O)COc2ccc(C)cc2C)C(Cc2ccccc2)C(=O)NC(C)C)c1. The van der Waals surface area contributed by atoms with Crippen molar-refractivity contribution in [1.82, 2.24) is 10.2 Å². The van der Waals surface area contributed by atoms with Gasteiger partial charge in [-0.3, -0.25) is 9.59 Å². The number of amides is 2. The molecule has 0 spiro atoms. The average molecular weight is 489 g/mol. The summed E-state index contributed by atoms with van der Waals surface area (Å²) in [5.41, 5.74) is 3.92. The molecule has 1 atom stereocenters. The number of rotatable bonds is 11. The molecule has 3 aromatic rings. The van der Waals surface area contributed by atoms with E-state index in [1.54, 1.807) is 12.0 Å². The molecule has 6 heteroatoms. The van der Waals surface area contributed by atoms with Crippen molar-refractivity contribution < 1.29 is 19.1 Å². The first kappa shape index (κ1) is 26.8. The third-order valence-corrected chi connectivity index (χ3v) is 5.87. The molecule has 0 radical (unpaired) electrons. The van der Waals surface area contributed by atoms with Crippen LogP contribution in [0.1, 0.15) is 36.1 Å². The number of hydrogen-bond acceptors (Lipinski definition) is 4. The number of methoxy groups -OCH3 is 1. The molecule has 1 N–H and O–H groups in total. The number of ether oxygens (including phenoxy) is 2. The predicted molar refractivity (Wildman–Crippen MR) is 142 cm³/mol. The first-order valence-electron chi connectivity index (χ1n) is 12.2. The van der Waals surface area contributed by atoms with E-state index in [0.717, 1.165) is 22.3 Å². The summed E-state index contributed by atoms with van der Waals surface area (Å²) in [6, 6.07) is 22.3. The molecule has 0 fully saturated rings. The van der Waals surface area contributed by atoms with Crippen LogP contribution in [-0.2, 0) is 22.6 Å². The van der Waals surface area contributed by atoms with Crippen LogP contribution in [0.2, 0.25) is 0 Å². The lowest BCUT2D eigenvalue weighted by atomic mass is 10.0. The number of hydrogen-bond donors (Lipinski definition) is 1.